The van der Waals surface area contributed by atoms with Crippen LogP contribution in [-0.2, 0) is 0 Å². The topological polar surface area (TPSA) is 79.4 Å². The molecule has 0 bridgehead atoms. The van der Waals surface area contributed by atoms with Gasteiger partial charge in [0.2, 0.25) is 5.89 Å². The molecule has 1 heterocycles. The Morgan fingerprint density at radius 2 is 2.06 bits per heavy atom. The smallest absolute Gasteiger partial charge is 0.423 e. The molecule has 2 rings (SSSR count). The second-order valence-corrected chi connectivity index (χ2v) is 3.24. The van der Waals surface area contributed by atoms with Crippen LogP contribution in [0.2, 0.25) is 0 Å². The molecule has 0 spiro atoms. The molecule has 16 heavy (non-hydrogen) atoms. The first-order valence-electron chi connectivity index (χ1n) is 4.54. The van der Waals surface area contributed by atoms with Gasteiger partial charge in [0.05, 0.1) is 5.56 Å². The predicted octanol–water partition coefficient (Wildman–Crippen LogP) is -0.136. The standard InChI is InChI=1S/C9H8BFN2O3/c1-5-12-13-9(16-5)7-3-2-6(10(14)15)4-8(7)11/h2-4,14-15H,1H3. The van der Waals surface area contributed by atoms with Gasteiger partial charge in [0, 0.05) is 6.92 Å². The highest BCUT2D eigenvalue weighted by Gasteiger charge is 2.16. The molecule has 0 amide bonds. The molecule has 0 fully saturated rings. The van der Waals surface area contributed by atoms with Crippen LogP contribution < -0.4 is 5.46 Å². The average molecular weight is 222 g/mol. The van der Waals surface area contributed by atoms with Crippen LogP contribution in [-0.4, -0.2) is 27.4 Å². The molecule has 2 N–H and O–H groups in total. The van der Waals surface area contributed by atoms with E-state index in [1.165, 1.54) is 12.1 Å². The van der Waals surface area contributed by atoms with Crippen LogP contribution in [0.4, 0.5) is 4.39 Å². The largest absolute Gasteiger partial charge is 0.488 e. The van der Waals surface area contributed by atoms with Crippen molar-refractivity contribution in [2.24, 2.45) is 0 Å². The third kappa shape index (κ3) is 1.95. The second-order valence-electron chi connectivity index (χ2n) is 3.24. The highest BCUT2D eigenvalue weighted by atomic mass is 19.1. The summed E-state index contributed by atoms with van der Waals surface area (Å²) in [5.41, 5.74) is 0.197. The monoisotopic (exact) mass is 222 g/mol. The highest BCUT2D eigenvalue weighted by molar-refractivity contribution is 6.58. The van der Waals surface area contributed by atoms with Gasteiger partial charge in [-0.2, -0.15) is 0 Å². The Morgan fingerprint density at radius 1 is 1.31 bits per heavy atom. The van der Waals surface area contributed by atoms with E-state index in [2.05, 4.69) is 10.2 Å². The van der Waals surface area contributed by atoms with Gasteiger partial charge in [0.1, 0.15) is 5.82 Å². The number of halogens is 1. The molecule has 5 nitrogen and oxygen atoms in total. The third-order valence-electron chi connectivity index (χ3n) is 2.05. The number of aryl methyl sites for hydroxylation is 1. The average Bonchev–Trinajstić information content (AvgIpc) is 2.64. The van der Waals surface area contributed by atoms with Crippen molar-refractivity contribution >= 4 is 12.6 Å². The van der Waals surface area contributed by atoms with Crippen LogP contribution in [0.5, 0.6) is 0 Å². The number of aromatic nitrogens is 2. The van der Waals surface area contributed by atoms with Gasteiger partial charge in [0.25, 0.3) is 5.89 Å². The summed E-state index contributed by atoms with van der Waals surface area (Å²) >= 11 is 0. The molecule has 0 aliphatic rings. The molecule has 0 aliphatic heterocycles. The first-order chi connectivity index (χ1) is 7.58. The van der Waals surface area contributed by atoms with Gasteiger partial charge in [-0.1, -0.05) is 6.07 Å². The zero-order chi connectivity index (χ0) is 11.7. The summed E-state index contributed by atoms with van der Waals surface area (Å²) in [5.74, 6) is -0.246. The summed E-state index contributed by atoms with van der Waals surface area (Å²) in [5, 5.41) is 25.0. The number of rotatable bonds is 2. The van der Waals surface area contributed by atoms with Crippen molar-refractivity contribution in [3.63, 3.8) is 0 Å². The zero-order valence-corrected chi connectivity index (χ0v) is 8.38. The summed E-state index contributed by atoms with van der Waals surface area (Å²) in [7, 11) is -1.70. The van der Waals surface area contributed by atoms with Crippen molar-refractivity contribution in [3.05, 3.63) is 29.9 Å². The quantitative estimate of drug-likeness (QED) is 0.691. The number of benzene rings is 1. The molecule has 0 atom stereocenters. The number of nitrogens with zero attached hydrogens (tertiary/aromatic N) is 2. The van der Waals surface area contributed by atoms with E-state index in [0.29, 0.717) is 5.89 Å². The van der Waals surface area contributed by atoms with E-state index in [1.54, 1.807) is 6.92 Å². The summed E-state index contributed by atoms with van der Waals surface area (Å²) < 4.78 is 18.6. The van der Waals surface area contributed by atoms with Crippen LogP contribution in [0, 0.1) is 12.7 Å². The van der Waals surface area contributed by atoms with Crippen molar-refractivity contribution < 1.29 is 18.9 Å². The molecule has 82 valence electrons. The van der Waals surface area contributed by atoms with Gasteiger partial charge < -0.3 is 14.5 Å². The lowest BCUT2D eigenvalue weighted by molar-refractivity contribution is 0.425. The zero-order valence-electron chi connectivity index (χ0n) is 8.38. The van der Waals surface area contributed by atoms with E-state index < -0.39 is 12.9 Å². The lowest BCUT2D eigenvalue weighted by Gasteiger charge is -2.01. The molecule has 0 saturated heterocycles. The van der Waals surface area contributed by atoms with E-state index in [-0.39, 0.29) is 16.9 Å². The molecular weight excluding hydrogens is 214 g/mol. The van der Waals surface area contributed by atoms with Crippen LogP contribution in [0.3, 0.4) is 0 Å². The lowest BCUT2D eigenvalue weighted by atomic mass is 9.80. The third-order valence-corrected chi connectivity index (χ3v) is 2.05. The van der Waals surface area contributed by atoms with Crippen molar-refractivity contribution in [1.29, 1.82) is 0 Å². The van der Waals surface area contributed by atoms with Gasteiger partial charge in [-0.15, -0.1) is 10.2 Å². The molecule has 7 heteroatoms. The molecule has 0 saturated carbocycles. The molecule has 1 aromatic carbocycles. The van der Waals surface area contributed by atoms with Gasteiger partial charge in [-0.05, 0) is 17.6 Å². The predicted molar refractivity (Wildman–Crippen MR) is 54.3 cm³/mol. The van der Waals surface area contributed by atoms with Crippen LogP contribution >= 0.6 is 0 Å². The first-order valence-corrected chi connectivity index (χ1v) is 4.54. The summed E-state index contributed by atoms with van der Waals surface area (Å²) in [6, 6.07) is 3.75. The minimum atomic E-state index is -1.70. The van der Waals surface area contributed by atoms with E-state index in [0.717, 1.165) is 6.07 Å². The first kappa shape index (κ1) is 10.8. The molecule has 1 aromatic heterocycles. The Labute approximate surface area is 90.7 Å². The lowest BCUT2D eigenvalue weighted by Crippen LogP contribution is -2.30. The Hall–Kier alpha value is -1.73. The van der Waals surface area contributed by atoms with Gasteiger partial charge >= 0.3 is 7.12 Å². The normalized spacial score (nSPS) is 10.5. The van der Waals surface area contributed by atoms with Gasteiger partial charge in [-0.25, -0.2) is 4.39 Å². The van der Waals surface area contributed by atoms with E-state index in [9.17, 15) is 4.39 Å². The van der Waals surface area contributed by atoms with Crippen molar-refractivity contribution in [3.8, 4) is 11.5 Å². The SMILES string of the molecule is Cc1nnc(-c2ccc(B(O)O)cc2F)o1. The Morgan fingerprint density at radius 3 is 2.56 bits per heavy atom. The minimum absolute atomic E-state index is 0.0639. The molecule has 2 aromatic rings. The molecular formula is C9H8BFN2O3. The fraction of sp³-hybridized carbons (Fsp3) is 0.111. The van der Waals surface area contributed by atoms with E-state index in [4.69, 9.17) is 14.5 Å². The Kier molecular flexibility index (Phi) is 2.72. The minimum Gasteiger partial charge on any atom is -0.423 e. The fourth-order valence-electron chi connectivity index (χ4n) is 1.27. The van der Waals surface area contributed by atoms with E-state index >= 15 is 0 Å². The van der Waals surface area contributed by atoms with Gasteiger partial charge in [0.15, 0.2) is 0 Å². The van der Waals surface area contributed by atoms with Crippen LogP contribution in [0.15, 0.2) is 22.6 Å². The maximum absolute atomic E-state index is 13.6. The van der Waals surface area contributed by atoms with Gasteiger partial charge in [-0.3, -0.25) is 0 Å². The maximum atomic E-state index is 13.6. The summed E-state index contributed by atoms with van der Waals surface area (Å²) in [6.07, 6.45) is 0. The summed E-state index contributed by atoms with van der Waals surface area (Å²) in [4.78, 5) is 0. The second kappa shape index (κ2) is 4.03. The number of hydrogen-bond acceptors (Lipinski definition) is 5. The molecule has 0 radical (unpaired) electrons. The van der Waals surface area contributed by atoms with Crippen molar-refractivity contribution in [2.75, 3.05) is 0 Å². The molecule has 0 unspecified atom stereocenters. The van der Waals surface area contributed by atoms with Crippen LogP contribution in [0.25, 0.3) is 11.5 Å². The maximum Gasteiger partial charge on any atom is 0.488 e. The highest BCUT2D eigenvalue weighted by Crippen LogP contribution is 2.19. The summed E-state index contributed by atoms with van der Waals surface area (Å²) in [6.45, 7) is 1.60. The Bertz CT molecular complexity index is 515. The fourth-order valence-corrected chi connectivity index (χ4v) is 1.27. The van der Waals surface area contributed by atoms with Crippen molar-refractivity contribution in [1.82, 2.24) is 10.2 Å². The Balaban J connectivity index is 2.44. The number of hydrogen-bond donors (Lipinski definition) is 2. The van der Waals surface area contributed by atoms with E-state index in [1.807, 2.05) is 0 Å². The van der Waals surface area contributed by atoms with Crippen molar-refractivity contribution in [2.45, 2.75) is 6.92 Å². The molecule has 0 aliphatic carbocycles. The van der Waals surface area contributed by atoms with Crippen LogP contribution in [0.1, 0.15) is 5.89 Å².